The number of phenols is 1. The zero-order valence-corrected chi connectivity index (χ0v) is 22.5. The van der Waals surface area contributed by atoms with Gasteiger partial charge in [0.25, 0.3) is 0 Å². The summed E-state index contributed by atoms with van der Waals surface area (Å²) in [4.78, 5) is 18.5. The lowest BCUT2D eigenvalue weighted by atomic mass is 10.0. The summed E-state index contributed by atoms with van der Waals surface area (Å²) in [6.45, 7) is 10.7. The van der Waals surface area contributed by atoms with E-state index in [1.165, 1.54) is 0 Å². The van der Waals surface area contributed by atoms with Gasteiger partial charge in [-0.15, -0.1) is 0 Å². The summed E-state index contributed by atoms with van der Waals surface area (Å²) in [5.74, 6) is 1.19. The molecule has 2 atom stereocenters. The number of aromatic nitrogens is 2. The standard InChI is InChI=1S/C29H38N6O3/c1-5-27(37)33-12-14-34(15-13-33)28-24-10-11-35(26-17-22(36)16-21-8-6-7-9-23(21)26)18-25(24)30-29(31-28)38-19-20(2)32(3)4/h5-9,16-17,20,27,36-37H,1,10-15,18-19H2,2-4H3. The largest absolute Gasteiger partial charge is 0.508 e. The fourth-order valence-electron chi connectivity index (χ4n) is 5.15. The molecule has 2 aliphatic rings. The zero-order valence-electron chi connectivity index (χ0n) is 22.5. The number of benzene rings is 2. The molecule has 2 unspecified atom stereocenters. The molecule has 9 heteroatoms. The van der Waals surface area contributed by atoms with Gasteiger partial charge in [-0.3, -0.25) is 4.90 Å². The molecule has 1 fully saturated rings. The van der Waals surface area contributed by atoms with Gasteiger partial charge >= 0.3 is 6.01 Å². The number of aliphatic hydroxyl groups excluding tert-OH is 1. The number of hydrogen-bond donors (Lipinski definition) is 2. The van der Waals surface area contributed by atoms with E-state index < -0.39 is 6.23 Å². The Morgan fingerprint density at radius 1 is 1.08 bits per heavy atom. The van der Waals surface area contributed by atoms with Crippen molar-refractivity contribution >= 4 is 22.3 Å². The van der Waals surface area contributed by atoms with Crippen molar-refractivity contribution in [1.29, 1.82) is 0 Å². The SMILES string of the molecule is C=CC(O)N1CCN(c2nc(OCC(C)N(C)C)nc3c2CCN(c2cc(O)cc4ccccc24)C3)CC1. The highest BCUT2D eigenvalue weighted by molar-refractivity contribution is 5.95. The molecule has 3 aromatic rings. The first-order valence-corrected chi connectivity index (χ1v) is 13.3. The molecular formula is C29H38N6O3. The maximum Gasteiger partial charge on any atom is 0.318 e. The van der Waals surface area contributed by atoms with Crippen LogP contribution in [0.3, 0.4) is 0 Å². The number of phenolic OH excluding ortho intramolecular Hbond substituents is 1. The van der Waals surface area contributed by atoms with Crippen molar-refractivity contribution in [3.8, 4) is 11.8 Å². The summed E-state index contributed by atoms with van der Waals surface area (Å²) in [5, 5.41) is 22.7. The van der Waals surface area contributed by atoms with Crippen LogP contribution in [0.15, 0.2) is 49.1 Å². The minimum Gasteiger partial charge on any atom is -0.508 e. The Kier molecular flexibility index (Phi) is 7.69. The van der Waals surface area contributed by atoms with Crippen LogP contribution < -0.4 is 14.5 Å². The van der Waals surface area contributed by atoms with Crippen LogP contribution in [0.25, 0.3) is 10.8 Å². The van der Waals surface area contributed by atoms with Gasteiger partial charge in [-0.25, -0.2) is 0 Å². The molecule has 2 N–H and O–H groups in total. The fourth-order valence-corrected chi connectivity index (χ4v) is 5.15. The highest BCUT2D eigenvalue weighted by Gasteiger charge is 2.29. The van der Waals surface area contributed by atoms with Gasteiger partial charge < -0.3 is 29.6 Å². The third-order valence-corrected chi connectivity index (χ3v) is 7.72. The summed E-state index contributed by atoms with van der Waals surface area (Å²) in [7, 11) is 4.06. The smallest absolute Gasteiger partial charge is 0.318 e. The predicted octanol–water partition coefficient (Wildman–Crippen LogP) is 2.85. The molecule has 5 rings (SSSR count). The molecule has 2 aliphatic heterocycles. The predicted molar refractivity (Wildman–Crippen MR) is 151 cm³/mol. The van der Waals surface area contributed by atoms with E-state index in [4.69, 9.17) is 14.7 Å². The lowest BCUT2D eigenvalue weighted by molar-refractivity contribution is 0.0379. The Balaban J connectivity index is 1.46. The summed E-state index contributed by atoms with van der Waals surface area (Å²) in [6, 6.07) is 12.4. The molecule has 2 aromatic carbocycles. The van der Waals surface area contributed by atoms with Crippen molar-refractivity contribution in [1.82, 2.24) is 19.8 Å². The number of aliphatic hydroxyl groups is 1. The molecule has 202 valence electrons. The first-order chi connectivity index (χ1) is 18.3. The molecule has 0 aliphatic carbocycles. The number of rotatable bonds is 8. The number of anilines is 2. The van der Waals surface area contributed by atoms with Crippen molar-refractivity contribution in [2.75, 3.05) is 63.2 Å². The minimum absolute atomic E-state index is 0.220. The van der Waals surface area contributed by atoms with Gasteiger partial charge in [0.2, 0.25) is 0 Å². The summed E-state index contributed by atoms with van der Waals surface area (Å²) >= 11 is 0. The van der Waals surface area contributed by atoms with Crippen molar-refractivity contribution in [2.24, 2.45) is 0 Å². The Morgan fingerprint density at radius 3 is 2.58 bits per heavy atom. The second-order valence-corrected chi connectivity index (χ2v) is 10.4. The number of likely N-dealkylation sites (N-methyl/N-ethyl adjacent to an activating group) is 1. The summed E-state index contributed by atoms with van der Waals surface area (Å²) in [6.07, 6.45) is 1.73. The van der Waals surface area contributed by atoms with E-state index in [0.29, 0.717) is 19.2 Å². The maximum atomic E-state index is 10.4. The van der Waals surface area contributed by atoms with Crippen LogP contribution in [-0.2, 0) is 13.0 Å². The van der Waals surface area contributed by atoms with Crippen molar-refractivity contribution < 1.29 is 14.9 Å². The van der Waals surface area contributed by atoms with E-state index in [0.717, 1.165) is 72.7 Å². The third kappa shape index (κ3) is 5.41. The van der Waals surface area contributed by atoms with Crippen LogP contribution in [0.5, 0.6) is 11.8 Å². The normalized spacial score (nSPS) is 17.9. The number of piperazine rings is 1. The van der Waals surface area contributed by atoms with Crippen LogP contribution >= 0.6 is 0 Å². The minimum atomic E-state index is -0.631. The molecular weight excluding hydrogens is 480 g/mol. The molecule has 0 bridgehead atoms. The molecule has 0 amide bonds. The van der Waals surface area contributed by atoms with Crippen LogP contribution in [0.2, 0.25) is 0 Å². The van der Waals surface area contributed by atoms with Gasteiger partial charge in [0.1, 0.15) is 24.4 Å². The van der Waals surface area contributed by atoms with Crippen molar-refractivity contribution in [3.63, 3.8) is 0 Å². The first kappa shape index (κ1) is 26.2. The zero-order chi connectivity index (χ0) is 26.8. The van der Waals surface area contributed by atoms with Crippen LogP contribution in [0.1, 0.15) is 18.2 Å². The Bertz CT molecular complexity index is 1290. The van der Waals surface area contributed by atoms with Crippen LogP contribution in [-0.4, -0.2) is 95.7 Å². The monoisotopic (exact) mass is 518 g/mol. The maximum absolute atomic E-state index is 10.4. The van der Waals surface area contributed by atoms with Crippen LogP contribution in [0.4, 0.5) is 11.5 Å². The average Bonchev–Trinajstić information content (AvgIpc) is 2.94. The number of aromatic hydroxyl groups is 1. The average molecular weight is 519 g/mol. The number of fused-ring (bicyclic) bond motifs is 2. The lowest BCUT2D eigenvalue weighted by Gasteiger charge is -2.39. The van der Waals surface area contributed by atoms with Crippen molar-refractivity contribution in [2.45, 2.75) is 32.2 Å². The topological polar surface area (TPSA) is 88.4 Å². The number of ether oxygens (including phenoxy) is 1. The first-order valence-electron chi connectivity index (χ1n) is 13.3. The van der Waals surface area contributed by atoms with Gasteiger partial charge in [0.15, 0.2) is 0 Å². The van der Waals surface area contributed by atoms with Crippen LogP contribution in [0, 0.1) is 0 Å². The Morgan fingerprint density at radius 2 is 1.84 bits per heavy atom. The second kappa shape index (κ2) is 11.1. The molecule has 3 heterocycles. The third-order valence-electron chi connectivity index (χ3n) is 7.72. The van der Waals surface area contributed by atoms with E-state index in [2.05, 4.69) is 34.3 Å². The van der Waals surface area contributed by atoms with Gasteiger partial charge in [0, 0.05) is 61.5 Å². The van der Waals surface area contributed by atoms with Crippen molar-refractivity contribution in [3.05, 3.63) is 60.3 Å². The van der Waals surface area contributed by atoms with Gasteiger partial charge in [-0.1, -0.05) is 30.8 Å². The summed E-state index contributed by atoms with van der Waals surface area (Å²) in [5.41, 5.74) is 3.10. The molecule has 0 radical (unpaired) electrons. The van der Waals surface area contributed by atoms with E-state index in [-0.39, 0.29) is 11.8 Å². The highest BCUT2D eigenvalue weighted by atomic mass is 16.5. The number of hydrogen-bond acceptors (Lipinski definition) is 9. The molecule has 9 nitrogen and oxygen atoms in total. The molecule has 1 saturated heterocycles. The van der Waals surface area contributed by atoms with Gasteiger partial charge in [0.05, 0.1) is 12.2 Å². The van der Waals surface area contributed by atoms with E-state index >= 15 is 0 Å². The molecule has 0 saturated carbocycles. The Hall–Kier alpha value is -3.40. The summed E-state index contributed by atoms with van der Waals surface area (Å²) < 4.78 is 6.12. The van der Waals surface area contributed by atoms with E-state index in [1.54, 1.807) is 12.1 Å². The number of nitrogens with zero attached hydrogens (tertiary/aromatic N) is 6. The molecule has 0 spiro atoms. The van der Waals surface area contributed by atoms with Gasteiger partial charge in [-0.05, 0) is 45.0 Å². The lowest BCUT2D eigenvalue weighted by Crippen LogP contribution is -2.50. The van der Waals surface area contributed by atoms with Gasteiger partial charge in [-0.2, -0.15) is 9.97 Å². The molecule has 1 aromatic heterocycles. The molecule has 38 heavy (non-hydrogen) atoms. The second-order valence-electron chi connectivity index (χ2n) is 10.4. The highest BCUT2D eigenvalue weighted by Crippen LogP contribution is 2.36. The fraction of sp³-hybridized carbons (Fsp3) is 0.448. The van der Waals surface area contributed by atoms with E-state index in [9.17, 15) is 10.2 Å². The van der Waals surface area contributed by atoms with E-state index in [1.807, 2.05) is 43.3 Å². The Labute approximate surface area is 224 Å². The quantitative estimate of drug-likeness (QED) is 0.437.